The van der Waals surface area contributed by atoms with Crippen LogP contribution in [-0.4, -0.2) is 46.8 Å². The molecule has 0 N–H and O–H groups in total. The van der Waals surface area contributed by atoms with E-state index in [4.69, 9.17) is 4.74 Å². The van der Waals surface area contributed by atoms with Crippen molar-refractivity contribution in [1.29, 1.82) is 0 Å². The third kappa shape index (κ3) is 3.52. The van der Waals surface area contributed by atoms with Crippen molar-refractivity contribution in [2.24, 2.45) is 0 Å². The summed E-state index contributed by atoms with van der Waals surface area (Å²) in [6.45, 7) is 8.11. The Balaban J connectivity index is 1.81. The molecule has 3 rings (SSSR count). The monoisotopic (exact) mass is 357 g/mol. The van der Waals surface area contributed by atoms with Crippen LogP contribution in [-0.2, 0) is 17.3 Å². The van der Waals surface area contributed by atoms with Crippen molar-refractivity contribution in [2.75, 3.05) is 18.0 Å². The molecule has 5 nitrogen and oxygen atoms in total. The molecule has 0 unspecified atom stereocenters. The van der Waals surface area contributed by atoms with Gasteiger partial charge in [0, 0.05) is 19.1 Å². The van der Waals surface area contributed by atoms with Gasteiger partial charge in [-0.25, -0.2) is 9.78 Å². The summed E-state index contributed by atoms with van der Waals surface area (Å²) in [6, 6.07) is 2.30. The first-order chi connectivity index (χ1) is 11.5. The van der Waals surface area contributed by atoms with Crippen LogP contribution in [0, 0.1) is 0 Å². The van der Waals surface area contributed by atoms with Crippen LogP contribution in [0.5, 0.6) is 0 Å². The third-order valence-corrected chi connectivity index (χ3v) is 4.38. The van der Waals surface area contributed by atoms with Crippen LogP contribution in [0.25, 0.3) is 0 Å². The molecule has 138 valence electrons. The normalized spacial score (nSPS) is 23.3. The second-order valence-electron chi connectivity index (χ2n) is 7.68. The van der Waals surface area contributed by atoms with Gasteiger partial charge in [-0.05, 0) is 45.7 Å². The average molecular weight is 357 g/mol. The number of hydrogen-bond donors (Lipinski definition) is 0. The van der Waals surface area contributed by atoms with Gasteiger partial charge >= 0.3 is 12.3 Å². The van der Waals surface area contributed by atoms with Crippen LogP contribution in [0.1, 0.15) is 39.0 Å². The molecule has 3 heterocycles. The highest BCUT2D eigenvalue weighted by atomic mass is 19.4. The standard InChI is InChI=1S/C17H22F3N3O2/c1-10-8-22(15(24)25-16(2,3)4)9-12-7-11-5-6-13(17(18,19)20)21-14(11)23(10)12/h5-6,10,12H,7-9H2,1-4H3/t10-,12-/m1/s1. The summed E-state index contributed by atoms with van der Waals surface area (Å²) in [5.74, 6) is 0.385. The first-order valence-electron chi connectivity index (χ1n) is 8.29. The number of rotatable bonds is 0. The molecule has 0 aliphatic carbocycles. The quantitative estimate of drug-likeness (QED) is 0.713. The molecule has 25 heavy (non-hydrogen) atoms. The molecule has 0 aromatic carbocycles. The van der Waals surface area contributed by atoms with Crippen LogP contribution in [0.15, 0.2) is 12.1 Å². The van der Waals surface area contributed by atoms with Crippen molar-refractivity contribution in [3.63, 3.8) is 0 Å². The lowest BCUT2D eigenvalue weighted by Crippen LogP contribution is -2.58. The Morgan fingerprint density at radius 1 is 1.24 bits per heavy atom. The Morgan fingerprint density at radius 2 is 1.92 bits per heavy atom. The van der Waals surface area contributed by atoms with Crippen LogP contribution in [0.3, 0.4) is 0 Å². The van der Waals surface area contributed by atoms with Crippen molar-refractivity contribution in [3.05, 3.63) is 23.4 Å². The van der Waals surface area contributed by atoms with E-state index in [9.17, 15) is 18.0 Å². The number of aromatic nitrogens is 1. The molecule has 1 aromatic rings. The fourth-order valence-electron chi connectivity index (χ4n) is 3.48. The second-order valence-corrected chi connectivity index (χ2v) is 7.68. The smallest absolute Gasteiger partial charge is 0.433 e. The Kier molecular flexibility index (Phi) is 4.12. The Bertz CT molecular complexity index is 685. The van der Waals surface area contributed by atoms with Crippen molar-refractivity contribution in [2.45, 2.75) is 58.0 Å². The van der Waals surface area contributed by atoms with E-state index < -0.39 is 17.5 Å². The van der Waals surface area contributed by atoms with Gasteiger partial charge in [0.05, 0.1) is 6.04 Å². The Morgan fingerprint density at radius 3 is 2.52 bits per heavy atom. The van der Waals surface area contributed by atoms with E-state index in [1.165, 1.54) is 6.07 Å². The lowest BCUT2D eigenvalue weighted by atomic mass is 10.1. The van der Waals surface area contributed by atoms with Crippen LogP contribution >= 0.6 is 0 Å². The van der Waals surface area contributed by atoms with E-state index in [1.54, 1.807) is 25.7 Å². The number of carbonyl (C=O) groups excluding carboxylic acids is 1. The summed E-state index contributed by atoms with van der Waals surface area (Å²) < 4.78 is 44.3. The molecule has 0 spiro atoms. The number of piperazine rings is 1. The SMILES string of the molecule is C[C@@H]1CN(C(=O)OC(C)(C)C)C[C@H]2Cc3ccc(C(F)(F)F)nc3N21. The van der Waals surface area contributed by atoms with Crippen LogP contribution in [0.2, 0.25) is 0 Å². The van der Waals surface area contributed by atoms with Gasteiger partial charge in [0.1, 0.15) is 17.1 Å². The number of pyridine rings is 1. The number of ether oxygens (including phenoxy) is 1. The maximum absolute atomic E-state index is 13.0. The molecule has 2 aliphatic heterocycles. The zero-order chi connectivity index (χ0) is 18.6. The van der Waals surface area contributed by atoms with Gasteiger partial charge in [0.2, 0.25) is 0 Å². The maximum atomic E-state index is 13.0. The molecule has 0 saturated carbocycles. The Labute approximate surface area is 144 Å². The van der Waals surface area contributed by atoms with Gasteiger partial charge in [-0.1, -0.05) is 6.07 Å². The van der Waals surface area contributed by atoms with E-state index in [-0.39, 0.29) is 18.2 Å². The Hall–Kier alpha value is -1.99. The molecule has 1 saturated heterocycles. The molecule has 2 atom stereocenters. The maximum Gasteiger partial charge on any atom is 0.433 e. The van der Waals surface area contributed by atoms with Crippen molar-refractivity contribution >= 4 is 11.9 Å². The predicted octanol–water partition coefficient (Wildman–Crippen LogP) is 3.47. The molecular weight excluding hydrogens is 335 g/mol. The average Bonchev–Trinajstić information content (AvgIpc) is 2.82. The predicted molar refractivity (Wildman–Crippen MR) is 86.5 cm³/mol. The summed E-state index contributed by atoms with van der Waals surface area (Å²) >= 11 is 0. The van der Waals surface area contributed by atoms with Gasteiger partial charge in [-0.15, -0.1) is 0 Å². The number of halogens is 3. The van der Waals surface area contributed by atoms with Crippen LogP contribution < -0.4 is 4.90 Å². The largest absolute Gasteiger partial charge is 0.444 e. The zero-order valence-corrected chi connectivity index (χ0v) is 14.7. The molecule has 1 aromatic heterocycles. The summed E-state index contributed by atoms with van der Waals surface area (Å²) in [4.78, 5) is 19.7. The van der Waals surface area contributed by atoms with Gasteiger partial charge in [-0.3, -0.25) is 0 Å². The minimum atomic E-state index is -4.46. The fourth-order valence-corrected chi connectivity index (χ4v) is 3.48. The first kappa shape index (κ1) is 17.8. The minimum absolute atomic E-state index is 0.0812. The summed E-state index contributed by atoms with van der Waals surface area (Å²) in [6.07, 6.45) is -4.28. The highest BCUT2D eigenvalue weighted by Crippen LogP contribution is 2.38. The van der Waals surface area contributed by atoms with Crippen molar-refractivity contribution in [3.8, 4) is 0 Å². The summed E-state index contributed by atoms with van der Waals surface area (Å²) in [5, 5.41) is 0. The summed E-state index contributed by atoms with van der Waals surface area (Å²) in [5.41, 5.74) is -0.677. The number of amides is 1. The zero-order valence-electron chi connectivity index (χ0n) is 14.7. The molecule has 1 fully saturated rings. The summed E-state index contributed by atoms with van der Waals surface area (Å²) in [7, 11) is 0. The molecule has 0 radical (unpaired) electrons. The number of anilines is 1. The van der Waals surface area contributed by atoms with Gasteiger partial charge in [-0.2, -0.15) is 13.2 Å². The molecule has 8 heteroatoms. The van der Waals surface area contributed by atoms with Crippen molar-refractivity contribution in [1.82, 2.24) is 9.88 Å². The van der Waals surface area contributed by atoms with E-state index in [0.717, 1.165) is 11.6 Å². The molecular formula is C17H22F3N3O2. The van der Waals surface area contributed by atoms with Crippen molar-refractivity contribution < 1.29 is 22.7 Å². The van der Waals surface area contributed by atoms with Crippen LogP contribution in [0.4, 0.5) is 23.8 Å². The number of carbonyl (C=O) groups is 1. The van der Waals surface area contributed by atoms with Gasteiger partial charge in [0.15, 0.2) is 0 Å². The number of hydrogen-bond acceptors (Lipinski definition) is 4. The lowest BCUT2D eigenvalue weighted by Gasteiger charge is -2.43. The number of nitrogens with zero attached hydrogens (tertiary/aromatic N) is 3. The molecule has 0 bridgehead atoms. The topological polar surface area (TPSA) is 45.7 Å². The van der Waals surface area contributed by atoms with Gasteiger partial charge in [0.25, 0.3) is 0 Å². The number of fused-ring (bicyclic) bond motifs is 3. The second kappa shape index (κ2) is 5.78. The lowest BCUT2D eigenvalue weighted by molar-refractivity contribution is -0.141. The number of alkyl halides is 3. The highest BCUT2D eigenvalue weighted by molar-refractivity contribution is 5.69. The van der Waals surface area contributed by atoms with E-state index >= 15 is 0 Å². The fraction of sp³-hybridized carbons (Fsp3) is 0.647. The molecule has 2 aliphatic rings. The first-order valence-corrected chi connectivity index (χ1v) is 8.29. The van der Waals surface area contributed by atoms with E-state index in [0.29, 0.717) is 25.3 Å². The third-order valence-electron chi connectivity index (χ3n) is 4.38. The van der Waals surface area contributed by atoms with E-state index in [2.05, 4.69) is 4.98 Å². The highest BCUT2D eigenvalue weighted by Gasteiger charge is 2.43. The van der Waals surface area contributed by atoms with E-state index in [1.807, 2.05) is 11.8 Å². The van der Waals surface area contributed by atoms with Gasteiger partial charge < -0.3 is 14.5 Å². The molecule has 1 amide bonds. The minimum Gasteiger partial charge on any atom is -0.444 e.